The molecule has 0 spiro atoms. The average Bonchev–Trinajstić information content (AvgIpc) is 3.00. The first-order valence-corrected chi connectivity index (χ1v) is 15.5. The molecule has 234 valence electrons. The minimum atomic E-state index is -2.41. The third kappa shape index (κ3) is 9.94. The van der Waals surface area contributed by atoms with Gasteiger partial charge in [-0.3, -0.25) is 8.74 Å². The summed E-state index contributed by atoms with van der Waals surface area (Å²) in [5.41, 5.74) is 5.58. The van der Waals surface area contributed by atoms with Crippen molar-refractivity contribution in [3.8, 4) is 17.3 Å². The summed E-state index contributed by atoms with van der Waals surface area (Å²) in [6, 6.07) is 25.0. The summed E-state index contributed by atoms with van der Waals surface area (Å²) in [4.78, 5) is 21.0. The van der Waals surface area contributed by atoms with E-state index in [2.05, 4.69) is 26.7 Å². The van der Waals surface area contributed by atoms with Gasteiger partial charge in [-0.2, -0.15) is 9.47 Å². The number of anilines is 2. The molecule has 0 radical (unpaired) electrons. The number of nitriles is 1. The zero-order valence-corrected chi connectivity index (χ0v) is 26.7. The van der Waals surface area contributed by atoms with Gasteiger partial charge in [0.05, 0.1) is 17.5 Å². The van der Waals surface area contributed by atoms with Gasteiger partial charge in [0.25, 0.3) is 0 Å². The number of carbonyl (C=O) groups is 1. The molecule has 45 heavy (non-hydrogen) atoms. The van der Waals surface area contributed by atoms with E-state index >= 15 is 0 Å². The second kappa shape index (κ2) is 14.9. The van der Waals surface area contributed by atoms with Crippen LogP contribution in [-0.2, 0) is 26.7 Å². The van der Waals surface area contributed by atoms with Gasteiger partial charge in [0, 0.05) is 24.2 Å². The van der Waals surface area contributed by atoms with Gasteiger partial charge in [0.15, 0.2) is 0 Å². The normalized spacial score (nSPS) is 13.3. The Balaban J connectivity index is 1.44. The summed E-state index contributed by atoms with van der Waals surface area (Å²) in [5.74, 6) is 0.365. The first-order valence-electron chi connectivity index (χ1n) is 14.4. The van der Waals surface area contributed by atoms with Crippen molar-refractivity contribution < 1.29 is 22.5 Å². The van der Waals surface area contributed by atoms with Crippen molar-refractivity contribution in [2.75, 3.05) is 11.9 Å². The molecule has 1 amide bonds. The highest BCUT2D eigenvalue weighted by molar-refractivity contribution is 7.74. The van der Waals surface area contributed by atoms with Crippen molar-refractivity contribution in [2.45, 2.75) is 58.7 Å². The second-order valence-corrected chi connectivity index (χ2v) is 12.3. The lowest BCUT2D eigenvalue weighted by atomic mass is 9.98. The van der Waals surface area contributed by atoms with Crippen LogP contribution in [0.4, 0.5) is 16.4 Å². The molecule has 0 saturated carbocycles. The van der Waals surface area contributed by atoms with Crippen molar-refractivity contribution in [3.63, 3.8) is 0 Å². The van der Waals surface area contributed by atoms with Gasteiger partial charge >= 0.3 is 17.5 Å². The van der Waals surface area contributed by atoms with Crippen LogP contribution < -0.4 is 10.6 Å². The molecular formula is C34H37N5O5S. The number of ether oxygens (including phenoxy) is 1. The lowest BCUT2D eigenvalue weighted by Gasteiger charge is -2.21. The lowest BCUT2D eigenvalue weighted by molar-refractivity contribution is 0.0525. The number of hydrogen-bond donors (Lipinski definition) is 3. The van der Waals surface area contributed by atoms with E-state index in [0.29, 0.717) is 30.2 Å². The van der Waals surface area contributed by atoms with E-state index in [0.717, 1.165) is 33.5 Å². The zero-order chi connectivity index (χ0) is 32.6. The first-order chi connectivity index (χ1) is 21.4. The van der Waals surface area contributed by atoms with E-state index in [1.54, 1.807) is 0 Å². The van der Waals surface area contributed by atoms with E-state index in [4.69, 9.17) is 8.92 Å². The van der Waals surface area contributed by atoms with Crippen molar-refractivity contribution in [3.05, 3.63) is 107 Å². The Morgan fingerprint density at radius 2 is 1.67 bits per heavy atom. The number of aromatic nitrogens is 2. The maximum Gasteiger partial charge on any atom is 0.407 e. The molecule has 3 atom stereocenters. The van der Waals surface area contributed by atoms with Crippen LogP contribution in [0.25, 0.3) is 11.3 Å². The summed E-state index contributed by atoms with van der Waals surface area (Å²) in [7, 11) is 0. The molecule has 1 heterocycles. The highest BCUT2D eigenvalue weighted by atomic mass is 32.2. The second-order valence-electron chi connectivity index (χ2n) is 11.7. The Bertz CT molecular complexity index is 1660. The summed E-state index contributed by atoms with van der Waals surface area (Å²) in [6.07, 6.45) is 0.841. The third-order valence-electron chi connectivity index (χ3n) is 6.89. The van der Waals surface area contributed by atoms with Gasteiger partial charge in [0.1, 0.15) is 17.8 Å². The molecule has 3 aromatic carbocycles. The molecule has 1 aromatic heterocycles. The van der Waals surface area contributed by atoms with Crippen LogP contribution in [0.1, 0.15) is 67.5 Å². The van der Waals surface area contributed by atoms with Crippen LogP contribution in [0.3, 0.4) is 0 Å². The topological polar surface area (TPSA) is 146 Å². The molecule has 0 aliphatic heterocycles. The molecule has 0 aliphatic rings. The van der Waals surface area contributed by atoms with E-state index < -0.39 is 29.2 Å². The first kappa shape index (κ1) is 33.3. The summed E-state index contributed by atoms with van der Waals surface area (Å²) in [6.45, 7) is 9.86. The molecule has 0 aliphatic carbocycles. The number of amides is 1. The molecule has 10 nitrogen and oxygen atoms in total. The van der Waals surface area contributed by atoms with Crippen LogP contribution in [-0.4, -0.2) is 37.0 Å². The maximum atomic E-state index is 12.0. The number of aryl methyl sites for hydroxylation is 1. The van der Waals surface area contributed by atoms with Crippen LogP contribution in [0, 0.1) is 18.3 Å². The highest BCUT2D eigenvalue weighted by Crippen LogP contribution is 2.27. The smallest absolute Gasteiger partial charge is 0.407 e. The Morgan fingerprint density at radius 3 is 2.27 bits per heavy atom. The van der Waals surface area contributed by atoms with Gasteiger partial charge in [-0.15, -0.1) is 0 Å². The van der Waals surface area contributed by atoms with Crippen LogP contribution in [0.2, 0.25) is 0 Å². The average molecular weight is 628 g/mol. The molecule has 0 saturated heterocycles. The van der Waals surface area contributed by atoms with E-state index in [9.17, 15) is 18.8 Å². The van der Waals surface area contributed by atoms with Crippen molar-refractivity contribution in [1.29, 1.82) is 5.26 Å². The molecule has 4 aromatic rings. The predicted molar refractivity (Wildman–Crippen MR) is 174 cm³/mol. The number of nitrogens with one attached hydrogen (secondary N) is 2. The monoisotopic (exact) mass is 627 g/mol. The Hall–Kier alpha value is -4.63. The number of nitrogens with zero attached hydrogens (tertiary/aromatic N) is 3. The Morgan fingerprint density at radius 1 is 1.02 bits per heavy atom. The summed E-state index contributed by atoms with van der Waals surface area (Å²) in [5, 5.41) is 15.7. The molecule has 0 fully saturated rings. The standard InChI is InChI=1S/C34H37N5O5S/c1-22-6-10-26(11-7-22)30(44-45(41)42)18-24-8-16-29(17-9-24)38-32-36-21-28(19-35)31(39-32)27-14-12-25(13-15-27)23(2)20-37-33(40)43-34(3,4)5/h6-17,21,23,30H,18,20H2,1-5H3,(H,37,40)(H,41,42)(H,36,38,39). The van der Waals surface area contributed by atoms with Crippen molar-refractivity contribution in [2.24, 2.45) is 0 Å². The highest BCUT2D eigenvalue weighted by Gasteiger charge is 2.18. The van der Waals surface area contributed by atoms with Gasteiger partial charge in [-0.1, -0.05) is 73.2 Å². The molecular weight excluding hydrogens is 590 g/mol. The summed E-state index contributed by atoms with van der Waals surface area (Å²) >= 11 is -2.41. The van der Waals surface area contributed by atoms with Gasteiger partial charge < -0.3 is 15.4 Å². The zero-order valence-electron chi connectivity index (χ0n) is 25.9. The number of benzene rings is 3. The van der Waals surface area contributed by atoms with Crippen LogP contribution in [0.5, 0.6) is 0 Å². The SMILES string of the molecule is Cc1ccc(C(Cc2ccc(Nc3ncc(C#N)c(-c4ccc(C(C)CNC(=O)OC(C)(C)C)cc4)n3)cc2)OS(=O)O)cc1. The molecule has 3 N–H and O–H groups in total. The number of alkyl carbamates (subject to hydrolysis) is 1. The lowest BCUT2D eigenvalue weighted by Crippen LogP contribution is -2.34. The molecule has 3 unspecified atom stereocenters. The van der Waals surface area contributed by atoms with Gasteiger partial charge in [-0.05, 0) is 62.4 Å². The van der Waals surface area contributed by atoms with E-state index in [-0.39, 0.29) is 5.92 Å². The third-order valence-corrected chi connectivity index (χ3v) is 7.29. The van der Waals surface area contributed by atoms with E-state index in [1.807, 2.05) is 107 Å². The molecule has 0 bridgehead atoms. The van der Waals surface area contributed by atoms with Crippen molar-refractivity contribution >= 4 is 29.1 Å². The quantitative estimate of drug-likeness (QED) is 0.148. The molecule has 4 rings (SSSR count). The van der Waals surface area contributed by atoms with Gasteiger partial charge in [0.2, 0.25) is 5.95 Å². The minimum absolute atomic E-state index is 0.0390. The largest absolute Gasteiger partial charge is 0.444 e. The summed E-state index contributed by atoms with van der Waals surface area (Å²) < 4.78 is 31.4. The van der Waals surface area contributed by atoms with Gasteiger partial charge in [-0.25, -0.2) is 14.8 Å². The Labute approximate surface area is 266 Å². The number of hydrogen-bond acceptors (Lipinski definition) is 8. The van der Waals surface area contributed by atoms with Crippen molar-refractivity contribution in [1.82, 2.24) is 15.3 Å². The minimum Gasteiger partial charge on any atom is -0.444 e. The Kier molecular flexibility index (Phi) is 11.0. The van der Waals surface area contributed by atoms with Crippen LogP contribution >= 0.6 is 0 Å². The number of carbonyl (C=O) groups excluding carboxylic acids is 1. The van der Waals surface area contributed by atoms with E-state index in [1.165, 1.54) is 6.20 Å². The fraction of sp³-hybridized carbons (Fsp3) is 0.294. The number of rotatable bonds is 11. The fourth-order valence-electron chi connectivity index (χ4n) is 4.54. The molecule has 11 heteroatoms. The maximum absolute atomic E-state index is 12.0. The fourth-order valence-corrected chi connectivity index (χ4v) is 4.92. The predicted octanol–water partition coefficient (Wildman–Crippen LogP) is 7.13. The van der Waals surface area contributed by atoms with Crippen LogP contribution in [0.15, 0.2) is 79.0 Å².